The van der Waals surface area contributed by atoms with Gasteiger partial charge >= 0.3 is 0 Å². The maximum atomic E-state index is 5.86. The monoisotopic (exact) mass is 196 g/mol. The van der Waals surface area contributed by atoms with Crippen LogP contribution >= 0.6 is 11.6 Å². The van der Waals surface area contributed by atoms with Crippen molar-refractivity contribution in [3.63, 3.8) is 0 Å². The summed E-state index contributed by atoms with van der Waals surface area (Å²) in [5.74, 6) is 0. The smallest absolute Gasteiger partial charge is 0.131 e. The van der Waals surface area contributed by atoms with Crippen LogP contribution in [0.5, 0.6) is 0 Å². The topological polar surface area (TPSA) is 16.1 Å². The highest BCUT2D eigenvalue weighted by Gasteiger charge is 2.14. The zero-order chi connectivity index (χ0) is 9.26. The van der Waals surface area contributed by atoms with E-state index in [1.165, 1.54) is 24.1 Å². The van der Waals surface area contributed by atoms with Gasteiger partial charge in [0.2, 0.25) is 0 Å². The molecule has 0 aliphatic carbocycles. The van der Waals surface area contributed by atoms with Crippen molar-refractivity contribution in [2.75, 3.05) is 18.0 Å². The molecular weight excluding hydrogens is 184 g/mol. The van der Waals surface area contributed by atoms with Crippen molar-refractivity contribution in [1.82, 2.24) is 4.98 Å². The fourth-order valence-electron chi connectivity index (χ4n) is 1.79. The molecule has 1 aromatic heterocycles. The van der Waals surface area contributed by atoms with Crippen LogP contribution in [0.2, 0.25) is 5.15 Å². The lowest BCUT2D eigenvalue weighted by molar-refractivity contribution is 0.949. The summed E-state index contributed by atoms with van der Waals surface area (Å²) in [6, 6.07) is 1.96. The molecule has 3 heteroatoms. The highest BCUT2D eigenvalue weighted by atomic mass is 35.5. The summed E-state index contributed by atoms with van der Waals surface area (Å²) in [7, 11) is 0. The molecule has 1 saturated heterocycles. The van der Waals surface area contributed by atoms with Crippen molar-refractivity contribution in [2.24, 2.45) is 0 Å². The number of hydrogen-bond donors (Lipinski definition) is 0. The van der Waals surface area contributed by atoms with Crippen molar-refractivity contribution in [3.05, 3.63) is 23.0 Å². The first-order chi connectivity index (χ1) is 6.27. The van der Waals surface area contributed by atoms with E-state index in [9.17, 15) is 0 Å². The summed E-state index contributed by atoms with van der Waals surface area (Å²) in [5.41, 5.74) is 2.46. The molecule has 1 aliphatic heterocycles. The number of aromatic nitrogens is 1. The lowest BCUT2D eigenvalue weighted by Gasteiger charge is -2.19. The molecule has 0 radical (unpaired) electrons. The number of anilines is 1. The molecule has 0 atom stereocenters. The molecule has 13 heavy (non-hydrogen) atoms. The van der Waals surface area contributed by atoms with Gasteiger partial charge in [-0.25, -0.2) is 4.98 Å². The summed E-state index contributed by atoms with van der Waals surface area (Å²) in [5, 5.41) is 0.590. The van der Waals surface area contributed by atoms with Crippen molar-refractivity contribution in [3.8, 4) is 0 Å². The molecule has 1 aliphatic rings. The molecule has 1 fully saturated rings. The van der Waals surface area contributed by atoms with Crippen LogP contribution in [0.15, 0.2) is 12.3 Å². The van der Waals surface area contributed by atoms with Crippen LogP contribution in [0.4, 0.5) is 5.69 Å². The van der Waals surface area contributed by atoms with Crippen LogP contribution in [0, 0.1) is 6.92 Å². The molecule has 0 amide bonds. The molecule has 0 spiro atoms. The summed E-state index contributed by atoms with van der Waals surface area (Å²) in [4.78, 5) is 6.43. The Hall–Kier alpha value is -0.760. The molecule has 70 valence electrons. The summed E-state index contributed by atoms with van der Waals surface area (Å²) < 4.78 is 0. The van der Waals surface area contributed by atoms with E-state index in [2.05, 4.69) is 16.8 Å². The Morgan fingerprint density at radius 3 is 2.77 bits per heavy atom. The van der Waals surface area contributed by atoms with Crippen molar-refractivity contribution in [1.29, 1.82) is 0 Å². The quantitative estimate of drug-likeness (QED) is 0.642. The van der Waals surface area contributed by atoms with E-state index in [0.29, 0.717) is 5.15 Å². The Morgan fingerprint density at radius 2 is 2.08 bits per heavy atom. The van der Waals surface area contributed by atoms with Crippen LogP contribution < -0.4 is 4.90 Å². The van der Waals surface area contributed by atoms with E-state index in [-0.39, 0.29) is 0 Å². The van der Waals surface area contributed by atoms with Gasteiger partial charge in [0.1, 0.15) is 5.15 Å². The maximum Gasteiger partial charge on any atom is 0.131 e. The van der Waals surface area contributed by atoms with Gasteiger partial charge in [0.15, 0.2) is 0 Å². The van der Waals surface area contributed by atoms with Crippen LogP contribution in [-0.2, 0) is 0 Å². The first kappa shape index (κ1) is 8.82. The van der Waals surface area contributed by atoms with E-state index >= 15 is 0 Å². The molecular formula is C10H13ClN2. The third-order valence-corrected chi connectivity index (χ3v) is 2.69. The Labute approximate surface area is 83.5 Å². The van der Waals surface area contributed by atoms with Crippen molar-refractivity contribution >= 4 is 17.3 Å². The minimum atomic E-state index is 0.590. The number of rotatable bonds is 1. The van der Waals surface area contributed by atoms with Crippen LogP contribution in [-0.4, -0.2) is 18.1 Å². The number of hydrogen-bond acceptors (Lipinski definition) is 2. The highest BCUT2D eigenvalue weighted by Crippen LogP contribution is 2.25. The van der Waals surface area contributed by atoms with Gasteiger partial charge in [-0.05, 0) is 31.4 Å². The second-order valence-electron chi connectivity index (χ2n) is 3.49. The van der Waals surface area contributed by atoms with Crippen LogP contribution in [0.3, 0.4) is 0 Å². The fraction of sp³-hybridized carbons (Fsp3) is 0.500. The van der Waals surface area contributed by atoms with Crippen LogP contribution in [0.1, 0.15) is 18.4 Å². The van der Waals surface area contributed by atoms with Gasteiger partial charge in [-0.2, -0.15) is 0 Å². The highest BCUT2D eigenvalue weighted by molar-refractivity contribution is 6.29. The van der Waals surface area contributed by atoms with E-state index in [4.69, 9.17) is 11.6 Å². The molecule has 0 bridgehead atoms. The molecule has 2 heterocycles. The van der Waals surface area contributed by atoms with Gasteiger partial charge in [0.05, 0.1) is 0 Å². The van der Waals surface area contributed by atoms with Gasteiger partial charge in [0.25, 0.3) is 0 Å². The van der Waals surface area contributed by atoms with Crippen molar-refractivity contribution < 1.29 is 0 Å². The molecule has 0 N–H and O–H groups in total. The third kappa shape index (κ3) is 1.78. The molecule has 2 rings (SSSR count). The molecule has 2 nitrogen and oxygen atoms in total. The maximum absolute atomic E-state index is 5.86. The van der Waals surface area contributed by atoms with Crippen molar-refractivity contribution in [2.45, 2.75) is 19.8 Å². The lowest BCUT2D eigenvalue weighted by Crippen LogP contribution is -2.18. The number of nitrogens with zero attached hydrogens (tertiary/aromatic N) is 2. The summed E-state index contributed by atoms with van der Waals surface area (Å²) in [6.07, 6.45) is 4.43. The number of pyridine rings is 1. The Morgan fingerprint density at radius 1 is 1.38 bits per heavy atom. The first-order valence-electron chi connectivity index (χ1n) is 4.64. The van der Waals surface area contributed by atoms with Crippen LogP contribution in [0.25, 0.3) is 0 Å². The number of halogens is 1. The Bertz CT molecular complexity index is 306. The minimum absolute atomic E-state index is 0.590. The van der Waals surface area contributed by atoms with E-state index in [1.807, 2.05) is 12.3 Å². The standard InChI is InChI=1S/C10H13ClN2/c1-8-7-12-10(11)6-9(8)13-4-2-3-5-13/h6-7H,2-5H2,1H3. The summed E-state index contributed by atoms with van der Waals surface area (Å²) >= 11 is 5.86. The zero-order valence-electron chi connectivity index (χ0n) is 7.76. The second-order valence-corrected chi connectivity index (χ2v) is 3.87. The minimum Gasteiger partial charge on any atom is -0.371 e. The predicted octanol–water partition coefficient (Wildman–Crippen LogP) is 2.64. The molecule has 1 aromatic rings. The van der Waals surface area contributed by atoms with E-state index < -0.39 is 0 Å². The second kappa shape index (κ2) is 3.54. The Balaban J connectivity index is 2.32. The third-order valence-electron chi connectivity index (χ3n) is 2.49. The largest absolute Gasteiger partial charge is 0.371 e. The Kier molecular flexibility index (Phi) is 2.40. The summed E-state index contributed by atoms with van der Waals surface area (Å²) in [6.45, 7) is 4.39. The number of aryl methyl sites for hydroxylation is 1. The predicted molar refractivity (Wildman–Crippen MR) is 55.4 cm³/mol. The van der Waals surface area contributed by atoms with Gasteiger partial charge < -0.3 is 4.90 Å². The zero-order valence-corrected chi connectivity index (χ0v) is 8.51. The average molecular weight is 197 g/mol. The first-order valence-corrected chi connectivity index (χ1v) is 5.02. The van der Waals surface area contributed by atoms with E-state index in [0.717, 1.165) is 13.1 Å². The van der Waals surface area contributed by atoms with Gasteiger partial charge in [-0.15, -0.1) is 0 Å². The fourth-order valence-corrected chi connectivity index (χ4v) is 1.94. The SMILES string of the molecule is Cc1cnc(Cl)cc1N1CCCC1. The lowest BCUT2D eigenvalue weighted by atomic mass is 10.2. The van der Waals surface area contributed by atoms with Gasteiger partial charge in [-0.3, -0.25) is 0 Å². The molecule has 0 unspecified atom stereocenters. The van der Waals surface area contributed by atoms with E-state index in [1.54, 1.807) is 0 Å². The van der Waals surface area contributed by atoms with Gasteiger partial charge in [0, 0.05) is 25.0 Å². The van der Waals surface area contributed by atoms with Gasteiger partial charge in [-0.1, -0.05) is 11.6 Å². The molecule has 0 saturated carbocycles. The average Bonchev–Trinajstić information content (AvgIpc) is 2.61. The normalized spacial score (nSPS) is 16.6. The molecule has 0 aromatic carbocycles.